The van der Waals surface area contributed by atoms with Crippen LogP contribution in [0.4, 0.5) is 0 Å². The van der Waals surface area contributed by atoms with Crippen LogP contribution in [0.15, 0.2) is 131 Å². The third-order valence-electron chi connectivity index (χ3n) is 12.6. The van der Waals surface area contributed by atoms with Crippen LogP contribution in [0.5, 0.6) is 11.5 Å². The average molecular weight is 849 g/mol. The van der Waals surface area contributed by atoms with E-state index in [2.05, 4.69) is 43.4 Å². The molecule has 322 valence electrons. The molecule has 11 rings (SSSR count). The fourth-order valence-electron chi connectivity index (χ4n) is 9.27. The summed E-state index contributed by atoms with van der Waals surface area (Å²) in [5.41, 5.74) is 8.42. The van der Waals surface area contributed by atoms with Crippen LogP contribution in [0.1, 0.15) is 73.6 Å². The lowest BCUT2D eigenvalue weighted by molar-refractivity contribution is 0.301. The van der Waals surface area contributed by atoms with Crippen molar-refractivity contribution in [3.63, 3.8) is 0 Å². The van der Waals surface area contributed by atoms with Crippen molar-refractivity contribution in [2.45, 2.75) is 78.3 Å². The number of imidazole rings is 2. The van der Waals surface area contributed by atoms with Crippen molar-refractivity contribution in [1.29, 1.82) is 0 Å². The summed E-state index contributed by atoms with van der Waals surface area (Å²) in [6.07, 6.45) is 9.13. The predicted octanol–water partition coefficient (Wildman–Crippen LogP) is 11.7. The molecular weight excluding hydrogens is 797 g/mol. The van der Waals surface area contributed by atoms with Crippen LogP contribution in [-0.4, -0.2) is 42.3 Å². The fourth-order valence-corrected chi connectivity index (χ4v) is 9.27. The topological polar surface area (TPSA) is 120 Å². The first-order valence-electron chi connectivity index (χ1n) is 22.6. The molecule has 2 N–H and O–H groups in total. The van der Waals surface area contributed by atoms with Gasteiger partial charge in [0.15, 0.2) is 0 Å². The Morgan fingerprint density at radius 2 is 0.859 bits per heavy atom. The number of benzene rings is 6. The lowest BCUT2D eigenvalue weighted by Crippen LogP contribution is -2.06. The minimum absolute atomic E-state index is 0.287. The Morgan fingerprint density at radius 3 is 1.31 bits per heavy atom. The number of aryl methyl sites for hydroxylation is 2. The number of fused-ring (bicyclic) bond motifs is 13. The van der Waals surface area contributed by atoms with Gasteiger partial charge in [-0.1, -0.05) is 99.2 Å². The van der Waals surface area contributed by atoms with E-state index >= 15 is 0 Å². The SMILES string of the molecule is Cc1cccc2c1[nH]c(=O)c1cccc3c1nc1c4cccc(C)c4[nH]c(=O)c4cccc5c4nc2n5Cc2cccc(c2)OCCCCCCCCCCOc2cccc(c2)Cn31. The lowest BCUT2D eigenvalue weighted by atomic mass is 10.1. The molecule has 5 heterocycles. The molecule has 6 aromatic carbocycles. The summed E-state index contributed by atoms with van der Waals surface area (Å²) in [5, 5.41) is 2.33. The quantitative estimate of drug-likeness (QED) is 0.157. The molecule has 2 aliphatic rings. The van der Waals surface area contributed by atoms with Crippen molar-refractivity contribution < 1.29 is 9.47 Å². The van der Waals surface area contributed by atoms with Crippen LogP contribution in [0.2, 0.25) is 0 Å². The molecule has 64 heavy (non-hydrogen) atoms. The molecular formula is C54H52N6O4. The number of aromatic amines is 2. The molecule has 0 saturated carbocycles. The zero-order valence-electron chi connectivity index (χ0n) is 36.5. The van der Waals surface area contributed by atoms with Crippen LogP contribution in [-0.2, 0) is 13.1 Å². The molecule has 0 fully saturated rings. The molecule has 3 aromatic heterocycles. The highest BCUT2D eigenvalue weighted by Gasteiger charge is 2.17. The first-order chi connectivity index (χ1) is 31.4. The maximum atomic E-state index is 14.8. The molecule has 0 atom stereocenters. The molecule has 0 aliphatic carbocycles. The van der Waals surface area contributed by atoms with Gasteiger partial charge in [-0.2, -0.15) is 0 Å². The Balaban J connectivity index is 1.30. The molecule has 2 aliphatic heterocycles. The average Bonchev–Trinajstić information content (AvgIpc) is 3.85. The summed E-state index contributed by atoms with van der Waals surface area (Å²) in [4.78, 5) is 46.9. The van der Waals surface area contributed by atoms with E-state index in [1.807, 2.05) is 111 Å². The first-order valence-corrected chi connectivity index (χ1v) is 22.6. The van der Waals surface area contributed by atoms with Gasteiger partial charge < -0.3 is 28.6 Å². The van der Waals surface area contributed by atoms with Gasteiger partial charge in [0.05, 0.1) is 46.1 Å². The number of hydrogen-bond acceptors (Lipinski definition) is 6. The molecule has 0 spiro atoms. The van der Waals surface area contributed by atoms with E-state index in [4.69, 9.17) is 19.4 Å². The van der Waals surface area contributed by atoms with Gasteiger partial charge >= 0.3 is 0 Å². The Labute approximate surface area is 370 Å². The molecule has 10 heteroatoms. The molecule has 0 radical (unpaired) electrons. The van der Waals surface area contributed by atoms with Crippen molar-refractivity contribution in [2.24, 2.45) is 0 Å². The fraction of sp³-hybridized carbons (Fsp3) is 0.259. The lowest BCUT2D eigenvalue weighted by Gasteiger charge is -2.11. The third-order valence-corrected chi connectivity index (χ3v) is 12.6. The summed E-state index contributed by atoms with van der Waals surface area (Å²) in [7, 11) is 0. The largest absolute Gasteiger partial charge is 0.494 e. The van der Waals surface area contributed by atoms with Gasteiger partial charge in [0.2, 0.25) is 0 Å². The molecule has 9 aromatic rings. The van der Waals surface area contributed by atoms with E-state index < -0.39 is 0 Å². The van der Waals surface area contributed by atoms with Gasteiger partial charge in [-0.3, -0.25) is 9.59 Å². The van der Waals surface area contributed by atoms with Gasteiger partial charge in [0.1, 0.15) is 33.8 Å². The number of aromatic nitrogens is 6. The van der Waals surface area contributed by atoms with Crippen molar-refractivity contribution in [2.75, 3.05) is 13.2 Å². The number of ether oxygens (including phenoxy) is 2. The highest BCUT2D eigenvalue weighted by Crippen LogP contribution is 2.30. The highest BCUT2D eigenvalue weighted by atomic mass is 16.5. The van der Waals surface area contributed by atoms with E-state index in [-0.39, 0.29) is 11.1 Å². The molecule has 0 saturated heterocycles. The van der Waals surface area contributed by atoms with Crippen LogP contribution in [0.3, 0.4) is 0 Å². The normalized spacial score (nSPS) is 14.3. The van der Waals surface area contributed by atoms with E-state index in [9.17, 15) is 9.59 Å². The van der Waals surface area contributed by atoms with Gasteiger partial charge in [-0.25, -0.2) is 9.97 Å². The van der Waals surface area contributed by atoms with Gasteiger partial charge in [-0.05, 0) is 110 Å². The minimum atomic E-state index is -0.287. The van der Waals surface area contributed by atoms with E-state index in [1.54, 1.807) is 0 Å². The van der Waals surface area contributed by atoms with Crippen molar-refractivity contribution in [3.05, 3.63) is 164 Å². The second kappa shape index (κ2) is 17.9. The van der Waals surface area contributed by atoms with E-state index in [0.29, 0.717) is 70.4 Å². The van der Waals surface area contributed by atoms with Gasteiger partial charge in [-0.15, -0.1) is 0 Å². The highest BCUT2D eigenvalue weighted by molar-refractivity contribution is 6.03. The monoisotopic (exact) mass is 848 g/mol. The summed E-state index contributed by atoms with van der Waals surface area (Å²) in [6.45, 7) is 6.19. The zero-order chi connectivity index (χ0) is 43.6. The number of rotatable bonds is 0. The number of para-hydroxylation sites is 4. The summed E-state index contributed by atoms with van der Waals surface area (Å²) in [5.74, 6) is 1.64. The number of nitrogens with zero attached hydrogens (tertiary/aromatic N) is 4. The number of nitrogens with one attached hydrogen (secondary N) is 2. The van der Waals surface area contributed by atoms with Crippen LogP contribution in [0, 0.1) is 13.8 Å². The Kier molecular flexibility index (Phi) is 11.4. The Bertz CT molecular complexity index is 3220. The van der Waals surface area contributed by atoms with Crippen molar-refractivity contribution in [3.8, 4) is 11.5 Å². The summed E-state index contributed by atoms with van der Waals surface area (Å²) < 4.78 is 16.9. The second-order valence-electron chi connectivity index (χ2n) is 17.1. The third kappa shape index (κ3) is 8.12. The smallest absolute Gasteiger partial charge is 0.257 e. The Morgan fingerprint density at radius 1 is 0.469 bits per heavy atom. The molecule has 14 bridgehead atoms. The molecule has 0 amide bonds. The zero-order valence-corrected chi connectivity index (χ0v) is 36.5. The van der Waals surface area contributed by atoms with Gasteiger partial charge in [0, 0.05) is 23.9 Å². The predicted molar refractivity (Wildman–Crippen MR) is 259 cm³/mol. The van der Waals surface area contributed by atoms with Gasteiger partial charge in [0.25, 0.3) is 11.1 Å². The van der Waals surface area contributed by atoms with Crippen molar-refractivity contribution >= 4 is 65.9 Å². The second-order valence-corrected chi connectivity index (χ2v) is 17.1. The number of H-pyrrole nitrogens is 2. The molecule has 10 nitrogen and oxygen atoms in total. The van der Waals surface area contributed by atoms with E-state index in [0.717, 1.165) is 81.2 Å². The standard InChI is InChI=1S/C54H52N6O4/c1-35-17-11-23-41-47(35)57-53(61)43-25-15-28-46-49(43)56-52-42-24-12-18-36(2)48(42)58-54(62)44-26-16-27-45-50(44)55-51(41)59(45)33-37-19-13-21-39(31-37)63-29-9-7-5-3-4-6-8-10-30-64-40-22-14-20-38(32-40)34-60(46)52/h11-28,31-32H,3-10,29-30,33-34H2,1-2H3,(H,57,61)(H,58,62). The number of hydrogen-bond donors (Lipinski definition) is 2. The van der Waals surface area contributed by atoms with E-state index in [1.165, 1.54) is 25.7 Å². The van der Waals surface area contributed by atoms with Crippen LogP contribution in [0.25, 0.3) is 65.9 Å². The minimum Gasteiger partial charge on any atom is -0.494 e. The van der Waals surface area contributed by atoms with Crippen LogP contribution < -0.4 is 20.6 Å². The maximum Gasteiger partial charge on any atom is 0.257 e. The Hall–Kier alpha value is -7.20. The van der Waals surface area contributed by atoms with Crippen molar-refractivity contribution in [1.82, 2.24) is 29.1 Å². The molecule has 0 unspecified atom stereocenters. The van der Waals surface area contributed by atoms with Crippen LogP contribution >= 0.6 is 0 Å². The summed E-state index contributed by atoms with van der Waals surface area (Å²) in [6, 6.07) is 39.8. The maximum absolute atomic E-state index is 14.8. The first kappa shape index (κ1) is 40.8. The summed E-state index contributed by atoms with van der Waals surface area (Å²) >= 11 is 0.